The topological polar surface area (TPSA) is 81.6 Å². The predicted molar refractivity (Wildman–Crippen MR) is 81.0 cm³/mol. The van der Waals surface area contributed by atoms with E-state index in [2.05, 4.69) is 10.6 Å². The number of phenols is 2. The van der Waals surface area contributed by atoms with Gasteiger partial charge in [-0.1, -0.05) is 0 Å². The summed E-state index contributed by atoms with van der Waals surface area (Å²) >= 11 is 0. The van der Waals surface area contributed by atoms with Gasteiger partial charge in [0.05, 0.1) is 0 Å². The highest BCUT2D eigenvalue weighted by molar-refractivity contribution is 6.04. The first-order chi connectivity index (χ1) is 10.1. The van der Waals surface area contributed by atoms with Crippen LogP contribution in [0.3, 0.4) is 0 Å². The summed E-state index contributed by atoms with van der Waals surface area (Å²) in [4.78, 5) is 12.1. The zero-order valence-corrected chi connectivity index (χ0v) is 11.4. The third kappa shape index (κ3) is 2.76. The molecule has 1 amide bonds. The second-order valence-electron chi connectivity index (χ2n) is 5.06. The van der Waals surface area contributed by atoms with Crippen LogP contribution in [0.2, 0.25) is 0 Å². The van der Waals surface area contributed by atoms with Gasteiger partial charge in [-0.05, 0) is 54.8 Å². The Balaban J connectivity index is 1.79. The summed E-state index contributed by atoms with van der Waals surface area (Å²) < 4.78 is 0. The normalized spacial score (nSPS) is 13.1. The van der Waals surface area contributed by atoms with E-state index in [0.717, 1.165) is 30.8 Å². The molecule has 0 saturated heterocycles. The molecular formula is C16H16N2O3. The Morgan fingerprint density at radius 2 is 1.95 bits per heavy atom. The van der Waals surface area contributed by atoms with E-state index in [0.29, 0.717) is 5.56 Å². The van der Waals surface area contributed by atoms with Crippen molar-refractivity contribution in [3.05, 3.63) is 47.5 Å². The third-order valence-corrected chi connectivity index (χ3v) is 3.54. The summed E-state index contributed by atoms with van der Waals surface area (Å²) in [6.45, 7) is 0.978. The second-order valence-corrected chi connectivity index (χ2v) is 5.06. The first-order valence-electron chi connectivity index (χ1n) is 6.83. The van der Waals surface area contributed by atoms with Crippen molar-refractivity contribution in [1.82, 2.24) is 0 Å². The lowest BCUT2D eigenvalue weighted by molar-refractivity contribution is 0.102. The Morgan fingerprint density at radius 3 is 2.76 bits per heavy atom. The van der Waals surface area contributed by atoms with Gasteiger partial charge in [-0.15, -0.1) is 0 Å². The molecular weight excluding hydrogens is 268 g/mol. The molecule has 1 aliphatic heterocycles. The first-order valence-corrected chi connectivity index (χ1v) is 6.83. The number of carbonyl (C=O) groups is 1. The van der Waals surface area contributed by atoms with E-state index in [1.54, 1.807) is 0 Å². The van der Waals surface area contributed by atoms with Gasteiger partial charge in [0.25, 0.3) is 5.91 Å². The molecule has 0 radical (unpaired) electrons. The van der Waals surface area contributed by atoms with Gasteiger partial charge < -0.3 is 20.8 Å². The zero-order valence-electron chi connectivity index (χ0n) is 11.4. The van der Waals surface area contributed by atoms with Gasteiger partial charge in [-0.25, -0.2) is 0 Å². The van der Waals surface area contributed by atoms with Crippen LogP contribution in [0.15, 0.2) is 36.4 Å². The fourth-order valence-electron chi connectivity index (χ4n) is 2.42. The minimum absolute atomic E-state index is 0.244. The minimum atomic E-state index is -0.325. The van der Waals surface area contributed by atoms with Crippen LogP contribution in [0.4, 0.5) is 11.4 Å². The first kappa shape index (κ1) is 13.3. The summed E-state index contributed by atoms with van der Waals surface area (Å²) in [5, 5.41) is 24.8. The molecule has 0 fully saturated rings. The Morgan fingerprint density at radius 1 is 1.10 bits per heavy atom. The lowest BCUT2D eigenvalue weighted by atomic mass is 10.0. The fourth-order valence-corrected chi connectivity index (χ4v) is 2.42. The van der Waals surface area contributed by atoms with E-state index in [9.17, 15) is 15.0 Å². The quantitative estimate of drug-likeness (QED) is 0.639. The van der Waals surface area contributed by atoms with Gasteiger partial charge in [0.15, 0.2) is 11.5 Å². The van der Waals surface area contributed by atoms with Crippen molar-refractivity contribution in [2.45, 2.75) is 12.8 Å². The van der Waals surface area contributed by atoms with Crippen LogP contribution in [0, 0.1) is 0 Å². The third-order valence-electron chi connectivity index (χ3n) is 3.54. The molecule has 2 aromatic rings. The molecule has 0 atom stereocenters. The molecule has 5 heteroatoms. The number of fused-ring (bicyclic) bond motifs is 1. The maximum Gasteiger partial charge on any atom is 0.255 e. The lowest BCUT2D eigenvalue weighted by Crippen LogP contribution is -2.14. The number of nitrogens with one attached hydrogen (secondary N) is 2. The Bertz CT molecular complexity index is 698. The largest absolute Gasteiger partial charge is 0.504 e. The number of rotatable bonds is 2. The summed E-state index contributed by atoms with van der Waals surface area (Å²) in [6, 6.07) is 9.75. The number of carbonyl (C=O) groups excluding carboxylic acids is 1. The molecule has 0 unspecified atom stereocenters. The Hall–Kier alpha value is -2.69. The van der Waals surface area contributed by atoms with Crippen molar-refractivity contribution in [2.75, 3.05) is 17.2 Å². The highest BCUT2D eigenvalue weighted by atomic mass is 16.3. The van der Waals surface area contributed by atoms with Crippen molar-refractivity contribution in [3.8, 4) is 11.5 Å². The van der Waals surface area contributed by atoms with E-state index in [1.807, 2.05) is 18.2 Å². The maximum atomic E-state index is 12.1. The second kappa shape index (κ2) is 5.36. The van der Waals surface area contributed by atoms with E-state index >= 15 is 0 Å². The van der Waals surface area contributed by atoms with Crippen LogP contribution in [0.25, 0.3) is 0 Å². The van der Waals surface area contributed by atoms with Gasteiger partial charge >= 0.3 is 0 Å². The number of aryl methyl sites for hydroxylation is 1. The van der Waals surface area contributed by atoms with E-state index < -0.39 is 0 Å². The standard InChI is InChI=1S/C16H16N2O3/c19-14-6-3-11(9-15(14)20)16(21)18-12-4-5-13-10(8-12)2-1-7-17-13/h3-6,8-9,17,19-20H,1-2,7H2,(H,18,21). The number of phenolic OH excluding ortho intramolecular Hbond substituents is 2. The summed E-state index contributed by atoms with van der Waals surface area (Å²) in [7, 11) is 0. The van der Waals surface area contributed by atoms with E-state index in [4.69, 9.17) is 0 Å². The highest BCUT2D eigenvalue weighted by Gasteiger charge is 2.12. The SMILES string of the molecule is O=C(Nc1ccc2c(c1)CCCN2)c1ccc(O)c(O)c1. The van der Waals surface area contributed by atoms with Gasteiger partial charge in [0, 0.05) is 23.5 Å². The van der Waals surface area contributed by atoms with Gasteiger partial charge in [-0.3, -0.25) is 4.79 Å². The van der Waals surface area contributed by atoms with Gasteiger partial charge in [0.2, 0.25) is 0 Å². The fraction of sp³-hybridized carbons (Fsp3) is 0.188. The average molecular weight is 284 g/mol. The monoisotopic (exact) mass is 284 g/mol. The van der Waals surface area contributed by atoms with E-state index in [1.165, 1.54) is 23.8 Å². The minimum Gasteiger partial charge on any atom is -0.504 e. The Kier molecular flexibility index (Phi) is 3.39. The van der Waals surface area contributed by atoms with Crippen molar-refractivity contribution < 1.29 is 15.0 Å². The molecule has 0 bridgehead atoms. The molecule has 1 aliphatic rings. The van der Waals surface area contributed by atoms with Gasteiger partial charge in [-0.2, -0.15) is 0 Å². The molecule has 0 aromatic heterocycles. The van der Waals surface area contributed by atoms with Crippen LogP contribution in [-0.2, 0) is 6.42 Å². The molecule has 5 nitrogen and oxygen atoms in total. The number of aromatic hydroxyl groups is 2. The van der Waals surface area contributed by atoms with Crippen LogP contribution in [0.1, 0.15) is 22.3 Å². The number of hydrogen-bond acceptors (Lipinski definition) is 4. The Labute approximate surface area is 122 Å². The predicted octanol–water partition coefficient (Wildman–Crippen LogP) is 2.71. The van der Waals surface area contributed by atoms with Crippen molar-refractivity contribution >= 4 is 17.3 Å². The van der Waals surface area contributed by atoms with Crippen molar-refractivity contribution in [1.29, 1.82) is 0 Å². The number of benzene rings is 2. The summed E-state index contributed by atoms with van der Waals surface area (Å²) in [5.74, 6) is -0.877. The smallest absolute Gasteiger partial charge is 0.255 e. The molecule has 0 saturated carbocycles. The summed E-state index contributed by atoms with van der Waals surface area (Å²) in [5.41, 5.74) is 3.31. The molecule has 108 valence electrons. The van der Waals surface area contributed by atoms with Gasteiger partial charge in [0.1, 0.15) is 0 Å². The molecule has 0 spiro atoms. The molecule has 1 heterocycles. The average Bonchev–Trinajstić information content (AvgIpc) is 2.50. The summed E-state index contributed by atoms with van der Waals surface area (Å²) in [6.07, 6.45) is 2.07. The van der Waals surface area contributed by atoms with Crippen LogP contribution in [0.5, 0.6) is 11.5 Å². The van der Waals surface area contributed by atoms with Crippen molar-refractivity contribution in [2.24, 2.45) is 0 Å². The van der Waals surface area contributed by atoms with Crippen LogP contribution in [-0.4, -0.2) is 22.7 Å². The molecule has 3 rings (SSSR count). The number of hydrogen-bond donors (Lipinski definition) is 4. The lowest BCUT2D eigenvalue weighted by Gasteiger charge is -2.18. The zero-order chi connectivity index (χ0) is 14.8. The number of anilines is 2. The van der Waals surface area contributed by atoms with E-state index in [-0.39, 0.29) is 17.4 Å². The molecule has 0 aliphatic carbocycles. The molecule has 4 N–H and O–H groups in total. The maximum absolute atomic E-state index is 12.1. The molecule has 2 aromatic carbocycles. The highest BCUT2D eigenvalue weighted by Crippen LogP contribution is 2.27. The van der Waals surface area contributed by atoms with Crippen LogP contribution >= 0.6 is 0 Å². The van der Waals surface area contributed by atoms with Crippen LogP contribution < -0.4 is 10.6 Å². The molecule has 21 heavy (non-hydrogen) atoms. The number of amides is 1. The van der Waals surface area contributed by atoms with Crippen molar-refractivity contribution in [3.63, 3.8) is 0 Å².